The number of halogens is 1. The molecule has 4 nitrogen and oxygen atoms in total. The van der Waals surface area contributed by atoms with Crippen LogP contribution in [0.2, 0.25) is 5.02 Å². The van der Waals surface area contributed by atoms with Gasteiger partial charge in [-0.1, -0.05) is 11.6 Å². The number of hydrogen-bond donors (Lipinski definition) is 1. The van der Waals surface area contributed by atoms with Crippen LogP contribution in [0, 0.1) is 0 Å². The van der Waals surface area contributed by atoms with E-state index in [0.29, 0.717) is 11.6 Å². The minimum atomic E-state index is -3.55. The Bertz CT molecular complexity index is 467. The molecule has 0 saturated carbocycles. The molecular weight excluding hydrogens is 260 g/mol. The van der Waals surface area contributed by atoms with Gasteiger partial charge in [-0.15, -0.1) is 4.72 Å². The zero-order chi connectivity index (χ0) is 12.3. The Labute approximate surface area is 106 Å². The summed E-state index contributed by atoms with van der Waals surface area (Å²) in [7, 11) is -3.55. The number of sulfonamides is 1. The highest BCUT2D eigenvalue weighted by Gasteiger charge is 2.23. The third kappa shape index (κ3) is 3.42. The third-order valence-electron chi connectivity index (χ3n) is 2.67. The van der Waals surface area contributed by atoms with Crippen LogP contribution in [0.4, 0.5) is 0 Å². The monoisotopic (exact) mass is 273 g/mol. The molecule has 1 aromatic carbocycles. The SMILES string of the molecule is O=S(=O)([N]C1CCCNC1)c1ccc(Cl)cc1. The van der Waals surface area contributed by atoms with E-state index in [2.05, 4.69) is 10.0 Å². The van der Waals surface area contributed by atoms with E-state index >= 15 is 0 Å². The molecule has 1 unspecified atom stereocenters. The second-order valence-corrected chi connectivity index (χ2v) is 6.10. The molecule has 0 aromatic heterocycles. The van der Waals surface area contributed by atoms with Crippen LogP contribution in [-0.4, -0.2) is 27.5 Å². The Kier molecular flexibility index (Phi) is 4.04. The van der Waals surface area contributed by atoms with Crippen molar-refractivity contribution in [2.75, 3.05) is 13.1 Å². The fourth-order valence-electron chi connectivity index (χ4n) is 1.79. The molecule has 1 fully saturated rings. The topological polar surface area (TPSA) is 60.3 Å². The summed E-state index contributed by atoms with van der Waals surface area (Å²) in [5, 5.41) is 3.66. The number of rotatable bonds is 3. The first-order chi connectivity index (χ1) is 8.08. The van der Waals surface area contributed by atoms with Gasteiger partial charge in [-0.25, -0.2) is 8.42 Å². The largest absolute Gasteiger partial charge is 0.315 e. The molecule has 2 rings (SSSR count). The number of nitrogens with zero attached hydrogens (tertiary/aromatic N) is 1. The summed E-state index contributed by atoms with van der Waals surface area (Å²) >= 11 is 5.72. The van der Waals surface area contributed by atoms with E-state index in [9.17, 15) is 8.42 Å². The molecule has 0 bridgehead atoms. The fourth-order valence-corrected chi connectivity index (χ4v) is 3.09. The van der Waals surface area contributed by atoms with Crippen LogP contribution in [-0.2, 0) is 10.0 Å². The smallest absolute Gasteiger partial charge is 0.257 e. The lowest BCUT2D eigenvalue weighted by Gasteiger charge is -2.21. The fraction of sp³-hybridized carbons (Fsp3) is 0.455. The normalized spacial score (nSPS) is 21.4. The molecule has 1 atom stereocenters. The van der Waals surface area contributed by atoms with Gasteiger partial charge < -0.3 is 5.32 Å². The van der Waals surface area contributed by atoms with Gasteiger partial charge in [0.25, 0.3) is 10.0 Å². The molecule has 0 aliphatic carbocycles. The van der Waals surface area contributed by atoms with E-state index in [1.165, 1.54) is 12.1 Å². The summed E-state index contributed by atoms with van der Waals surface area (Å²) in [6.07, 6.45) is 1.78. The van der Waals surface area contributed by atoms with E-state index in [1.807, 2.05) is 0 Å². The van der Waals surface area contributed by atoms with Crippen LogP contribution in [0.25, 0.3) is 0 Å². The molecule has 1 heterocycles. The molecule has 1 radical (unpaired) electrons. The molecule has 1 aliphatic heterocycles. The maximum absolute atomic E-state index is 12.0. The van der Waals surface area contributed by atoms with Gasteiger partial charge in [0.1, 0.15) is 0 Å². The van der Waals surface area contributed by atoms with E-state index in [1.54, 1.807) is 12.1 Å². The Balaban J connectivity index is 2.10. The molecule has 1 aliphatic rings. The standard InChI is InChI=1S/C11H14ClN2O2S/c12-9-3-5-11(6-4-9)17(15,16)14-10-2-1-7-13-8-10/h3-6,10,13H,1-2,7-8H2. The van der Waals surface area contributed by atoms with Crippen molar-refractivity contribution in [2.24, 2.45) is 0 Å². The van der Waals surface area contributed by atoms with Gasteiger partial charge in [-0.2, -0.15) is 0 Å². The van der Waals surface area contributed by atoms with Crippen LogP contribution >= 0.6 is 11.6 Å². The molecular formula is C11H14ClN2O2S. The first-order valence-electron chi connectivity index (χ1n) is 5.51. The molecule has 0 spiro atoms. The number of benzene rings is 1. The van der Waals surface area contributed by atoms with Crippen molar-refractivity contribution in [3.8, 4) is 0 Å². The number of nitrogens with one attached hydrogen (secondary N) is 1. The average molecular weight is 274 g/mol. The lowest BCUT2D eigenvalue weighted by atomic mass is 10.1. The second-order valence-electron chi connectivity index (χ2n) is 4.03. The predicted molar refractivity (Wildman–Crippen MR) is 66.7 cm³/mol. The zero-order valence-electron chi connectivity index (χ0n) is 9.27. The molecule has 93 valence electrons. The summed E-state index contributed by atoms with van der Waals surface area (Å²) < 4.78 is 27.9. The van der Waals surface area contributed by atoms with E-state index in [0.717, 1.165) is 19.4 Å². The van der Waals surface area contributed by atoms with Crippen molar-refractivity contribution in [2.45, 2.75) is 23.8 Å². The first kappa shape index (κ1) is 12.8. The third-order valence-corrected chi connectivity index (χ3v) is 4.37. The lowest BCUT2D eigenvalue weighted by Crippen LogP contribution is -2.41. The van der Waals surface area contributed by atoms with E-state index in [4.69, 9.17) is 11.6 Å². The maximum Gasteiger partial charge on any atom is 0.257 e. The van der Waals surface area contributed by atoms with Gasteiger partial charge in [0.2, 0.25) is 0 Å². The summed E-state index contributed by atoms with van der Waals surface area (Å²) in [5.41, 5.74) is 0. The van der Waals surface area contributed by atoms with Crippen LogP contribution in [0.5, 0.6) is 0 Å². The Morgan fingerprint density at radius 2 is 2.00 bits per heavy atom. The van der Waals surface area contributed by atoms with Crippen molar-refractivity contribution in [1.29, 1.82) is 0 Å². The maximum atomic E-state index is 12.0. The zero-order valence-corrected chi connectivity index (χ0v) is 10.8. The number of hydrogen-bond acceptors (Lipinski definition) is 3. The van der Waals surface area contributed by atoms with Crippen LogP contribution in [0.1, 0.15) is 12.8 Å². The lowest BCUT2D eigenvalue weighted by molar-refractivity contribution is 0.425. The van der Waals surface area contributed by atoms with Gasteiger partial charge in [0.15, 0.2) is 0 Å². The van der Waals surface area contributed by atoms with Gasteiger partial charge in [0.05, 0.1) is 10.9 Å². The first-order valence-corrected chi connectivity index (χ1v) is 7.33. The van der Waals surface area contributed by atoms with Crippen LogP contribution in [0.3, 0.4) is 0 Å². The van der Waals surface area contributed by atoms with Gasteiger partial charge in [-0.3, -0.25) is 0 Å². The van der Waals surface area contributed by atoms with Crippen LogP contribution in [0.15, 0.2) is 29.2 Å². The molecule has 1 aromatic rings. The van der Waals surface area contributed by atoms with E-state index in [-0.39, 0.29) is 10.9 Å². The quantitative estimate of drug-likeness (QED) is 0.905. The summed E-state index contributed by atoms with van der Waals surface area (Å²) in [4.78, 5) is 0.201. The minimum Gasteiger partial charge on any atom is -0.315 e. The summed E-state index contributed by atoms with van der Waals surface area (Å²) in [6.45, 7) is 1.57. The molecule has 1 N–H and O–H groups in total. The van der Waals surface area contributed by atoms with Crippen molar-refractivity contribution >= 4 is 21.6 Å². The van der Waals surface area contributed by atoms with Gasteiger partial charge in [0, 0.05) is 11.6 Å². The molecule has 1 saturated heterocycles. The molecule has 0 amide bonds. The highest BCUT2D eigenvalue weighted by Crippen LogP contribution is 2.16. The Morgan fingerprint density at radius 1 is 1.29 bits per heavy atom. The highest BCUT2D eigenvalue weighted by atomic mass is 35.5. The average Bonchev–Trinajstić information content (AvgIpc) is 2.30. The van der Waals surface area contributed by atoms with Gasteiger partial charge in [-0.05, 0) is 43.7 Å². The molecule has 17 heavy (non-hydrogen) atoms. The summed E-state index contributed by atoms with van der Waals surface area (Å²) in [5.74, 6) is 0. The highest BCUT2D eigenvalue weighted by molar-refractivity contribution is 7.89. The van der Waals surface area contributed by atoms with Crippen molar-refractivity contribution < 1.29 is 8.42 Å². The molecule has 6 heteroatoms. The van der Waals surface area contributed by atoms with Crippen molar-refractivity contribution in [3.05, 3.63) is 29.3 Å². The number of piperidine rings is 1. The van der Waals surface area contributed by atoms with Crippen molar-refractivity contribution in [3.63, 3.8) is 0 Å². The van der Waals surface area contributed by atoms with Gasteiger partial charge >= 0.3 is 0 Å². The Hall–Kier alpha value is -0.620. The minimum absolute atomic E-state index is 0.149. The van der Waals surface area contributed by atoms with E-state index < -0.39 is 10.0 Å². The van der Waals surface area contributed by atoms with Crippen LogP contribution < -0.4 is 10.0 Å². The Morgan fingerprint density at radius 3 is 2.59 bits per heavy atom. The summed E-state index contributed by atoms with van der Waals surface area (Å²) in [6, 6.07) is 5.94. The predicted octanol–water partition coefficient (Wildman–Crippen LogP) is 1.39. The second kappa shape index (κ2) is 5.35. The van der Waals surface area contributed by atoms with Crippen molar-refractivity contribution in [1.82, 2.24) is 10.0 Å².